The van der Waals surface area contributed by atoms with Crippen LogP contribution in [-0.2, 0) is 28.9 Å². The van der Waals surface area contributed by atoms with Gasteiger partial charge in [0.15, 0.2) is 18.1 Å². The molecular formula is C26H31N3O5. The minimum Gasteiger partial charge on any atom is -0.504 e. The number of carbonyl (C=O) groups excluding carboxylic acids is 2. The molecule has 180 valence electrons. The summed E-state index contributed by atoms with van der Waals surface area (Å²) in [5.74, 6) is 0.171. The van der Waals surface area contributed by atoms with Crippen molar-refractivity contribution < 1.29 is 24.2 Å². The summed E-state index contributed by atoms with van der Waals surface area (Å²) in [6.07, 6.45) is 8.07. The predicted octanol–water partition coefficient (Wildman–Crippen LogP) is 3.04. The summed E-state index contributed by atoms with van der Waals surface area (Å²) >= 11 is 0. The molecule has 0 atom stereocenters. The summed E-state index contributed by atoms with van der Waals surface area (Å²) in [4.78, 5) is 24.0. The van der Waals surface area contributed by atoms with Crippen molar-refractivity contribution in [3.05, 3.63) is 65.2 Å². The van der Waals surface area contributed by atoms with Crippen molar-refractivity contribution in [2.75, 3.05) is 19.8 Å². The number of allylic oxidation sites excluding steroid dienone is 1. The number of carbonyl (C=O) groups is 2. The van der Waals surface area contributed by atoms with E-state index in [0.29, 0.717) is 35.7 Å². The van der Waals surface area contributed by atoms with Gasteiger partial charge in [-0.2, -0.15) is 5.10 Å². The lowest BCUT2D eigenvalue weighted by molar-refractivity contribution is -0.127. The van der Waals surface area contributed by atoms with Gasteiger partial charge in [0.1, 0.15) is 5.75 Å². The molecule has 1 aliphatic carbocycles. The molecule has 0 saturated carbocycles. The third-order valence-electron chi connectivity index (χ3n) is 5.38. The number of aromatic hydroxyl groups is 1. The second kappa shape index (κ2) is 12.4. The number of rotatable bonds is 11. The number of hydrogen-bond acceptors (Lipinski definition) is 6. The zero-order chi connectivity index (χ0) is 24.3. The van der Waals surface area contributed by atoms with Gasteiger partial charge in [0.2, 0.25) is 0 Å². The molecule has 34 heavy (non-hydrogen) atoms. The number of amides is 2. The number of hydrogen-bond donors (Lipinski definition) is 3. The van der Waals surface area contributed by atoms with Crippen LogP contribution in [0, 0.1) is 0 Å². The summed E-state index contributed by atoms with van der Waals surface area (Å²) in [5.41, 5.74) is 6.27. The fraction of sp³-hybridized carbons (Fsp3) is 0.346. The quantitative estimate of drug-likeness (QED) is 0.269. The highest BCUT2D eigenvalue weighted by Crippen LogP contribution is 2.32. The molecule has 0 aromatic heterocycles. The van der Waals surface area contributed by atoms with E-state index in [9.17, 15) is 14.7 Å². The first-order valence-corrected chi connectivity index (χ1v) is 11.4. The number of phenols is 1. The number of nitrogens with zero attached hydrogens (tertiary/aromatic N) is 1. The second-order valence-electron chi connectivity index (χ2n) is 7.95. The van der Waals surface area contributed by atoms with Gasteiger partial charge in [-0.05, 0) is 80.0 Å². The summed E-state index contributed by atoms with van der Waals surface area (Å²) in [5, 5.41) is 16.7. The second-order valence-corrected chi connectivity index (χ2v) is 7.95. The van der Waals surface area contributed by atoms with Crippen LogP contribution in [0.25, 0.3) is 0 Å². The average molecular weight is 466 g/mol. The monoisotopic (exact) mass is 465 g/mol. The maximum absolute atomic E-state index is 12.0. The number of aryl methyl sites for hydroxylation is 2. The topological polar surface area (TPSA) is 109 Å². The molecule has 0 unspecified atom stereocenters. The van der Waals surface area contributed by atoms with Gasteiger partial charge in [0, 0.05) is 5.56 Å². The normalized spacial score (nSPS) is 12.6. The molecule has 0 aliphatic heterocycles. The first kappa shape index (κ1) is 24.8. The third kappa shape index (κ3) is 7.10. The molecule has 0 bridgehead atoms. The number of benzene rings is 2. The number of fused-ring (bicyclic) bond motifs is 1. The first-order chi connectivity index (χ1) is 16.5. The van der Waals surface area contributed by atoms with Gasteiger partial charge in [-0.25, -0.2) is 5.43 Å². The molecule has 0 radical (unpaired) electrons. The van der Waals surface area contributed by atoms with Gasteiger partial charge in [0.05, 0.1) is 19.4 Å². The minimum atomic E-state index is -0.478. The molecule has 8 nitrogen and oxygen atoms in total. The minimum absolute atomic E-state index is 0.0586. The number of ether oxygens (including phenoxy) is 2. The van der Waals surface area contributed by atoms with Gasteiger partial charge < -0.3 is 19.9 Å². The fourth-order valence-corrected chi connectivity index (χ4v) is 3.74. The lowest BCUT2D eigenvalue weighted by atomic mass is 9.92. The Morgan fingerprint density at radius 2 is 1.91 bits per heavy atom. The molecule has 2 aromatic rings. The van der Waals surface area contributed by atoms with E-state index in [1.807, 2.05) is 19.1 Å². The summed E-state index contributed by atoms with van der Waals surface area (Å²) in [7, 11) is 0. The zero-order valence-electron chi connectivity index (χ0n) is 19.4. The van der Waals surface area contributed by atoms with Crippen LogP contribution in [0.4, 0.5) is 0 Å². The molecule has 0 saturated heterocycles. The van der Waals surface area contributed by atoms with Crippen LogP contribution in [-0.4, -0.2) is 42.9 Å². The van der Waals surface area contributed by atoms with E-state index in [-0.39, 0.29) is 18.9 Å². The Morgan fingerprint density at radius 1 is 1.12 bits per heavy atom. The highest BCUT2D eigenvalue weighted by atomic mass is 16.5. The maximum atomic E-state index is 12.0. The van der Waals surface area contributed by atoms with Gasteiger partial charge in [-0.1, -0.05) is 12.1 Å². The van der Waals surface area contributed by atoms with E-state index in [2.05, 4.69) is 28.5 Å². The summed E-state index contributed by atoms with van der Waals surface area (Å²) in [6.45, 7) is 5.50. The van der Waals surface area contributed by atoms with Crippen LogP contribution in [0.2, 0.25) is 0 Å². The average Bonchev–Trinajstić information content (AvgIpc) is 2.84. The Kier molecular flexibility index (Phi) is 9.08. The Labute approximate surface area is 199 Å². The van der Waals surface area contributed by atoms with Crippen LogP contribution in [0.1, 0.15) is 42.0 Å². The van der Waals surface area contributed by atoms with E-state index in [1.54, 1.807) is 18.2 Å². The van der Waals surface area contributed by atoms with Crippen molar-refractivity contribution in [2.24, 2.45) is 5.10 Å². The van der Waals surface area contributed by atoms with Crippen molar-refractivity contribution in [2.45, 2.75) is 39.0 Å². The van der Waals surface area contributed by atoms with E-state index < -0.39 is 11.8 Å². The Hall–Kier alpha value is -3.81. The molecule has 0 spiro atoms. The lowest BCUT2D eigenvalue weighted by Gasteiger charge is -2.16. The van der Waals surface area contributed by atoms with Gasteiger partial charge in [-0.3, -0.25) is 9.59 Å². The van der Waals surface area contributed by atoms with Crippen LogP contribution in [0.5, 0.6) is 17.2 Å². The third-order valence-corrected chi connectivity index (χ3v) is 5.38. The Bertz CT molecular complexity index is 1060. The molecule has 1 aliphatic rings. The molecule has 2 aromatic carbocycles. The fourth-order valence-electron chi connectivity index (χ4n) is 3.74. The molecule has 0 fully saturated rings. The smallest absolute Gasteiger partial charge is 0.259 e. The Balaban J connectivity index is 1.45. The number of hydrazone groups is 1. The molecular weight excluding hydrogens is 434 g/mol. The Morgan fingerprint density at radius 3 is 2.68 bits per heavy atom. The largest absolute Gasteiger partial charge is 0.504 e. The maximum Gasteiger partial charge on any atom is 0.259 e. The zero-order valence-corrected chi connectivity index (χ0v) is 19.4. The van der Waals surface area contributed by atoms with Crippen LogP contribution < -0.4 is 20.2 Å². The van der Waals surface area contributed by atoms with E-state index in [0.717, 1.165) is 12.8 Å². The van der Waals surface area contributed by atoms with Gasteiger partial charge in [0.25, 0.3) is 11.8 Å². The molecule has 2 amide bonds. The number of phenolic OH excluding ortho intramolecular Hbond substituents is 1. The van der Waals surface area contributed by atoms with Crippen molar-refractivity contribution in [1.82, 2.24) is 10.7 Å². The van der Waals surface area contributed by atoms with Crippen molar-refractivity contribution in [3.63, 3.8) is 0 Å². The SMILES string of the molecule is C=CCc1cc(C=NNC(=O)CNC(=O)COc2ccc3c(c2)CCCC3)cc(OCC)c1O. The summed E-state index contributed by atoms with van der Waals surface area (Å²) in [6, 6.07) is 9.28. The predicted molar refractivity (Wildman–Crippen MR) is 131 cm³/mol. The van der Waals surface area contributed by atoms with Crippen LogP contribution >= 0.6 is 0 Å². The van der Waals surface area contributed by atoms with Gasteiger partial charge >= 0.3 is 0 Å². The highest BCUT2D eigenvalue weighted by Gasteiger charge is 2.12. The van der Waals surface area contributed by atoms with Gasteiger partial charge in [-0.15, -0.1) is 6.58 Å². The first-order valence-electron chi connectivity index (χ1n) is 11.4. The molecule has 3 rings (SSSR count). The molecule has 3 N–H and O–H groups in total. The van der Waals surface area contributed by atoms with E-state index in [1.165, 1.54) is 30.2 Å². The van der Waals surface area contributed by atoms with Crippen LogP contribution in [0.3, 0.4) is 0 Å². The molecule has 8 heteroatoms. The highest BCUT2D eigenvalue weighted by molar-refractivity contribution is 5.87. The van der Waals surface area contributed by atoms with Crippen molar-refractivity contribution in [3.8, 4) is 17.2 Å². The van der Waals surface area contributed by atoms with E-state index in [4.69, 9.17) is 9.47 Å². The number of nitrogens with one attached hydrogen (secondary N) is 2. The molecule has 0 heterocycles. The summed E-state index contributed by atoms with van der Waals surface area (Å²) < 4.78 is 11.0. The van der Waals surface area contributed by atoms with E-state index >= 15 is 0 Å². The van der Waals surface area contributed by atoms with Crippen molar-refractivity contribution in [1.29, 1.82) is 0 Å². The standard InChI is InChI=1S/C26H31N3O5/c1-3-7-21-12-18(13-23(26(21)32)33-4-2)15-28-29-24(30)16-27-25(31)17-34-22-11-10-19-8-5-6-9-20(19)14-22/h3,10-15,32H,1,4-9,16-17H2,2H3,(H,27,31)(H,29,30). The van der Waals surface area contributed by atoms with Crippen molar-refractivity contribution >= 4 is 18.0 Å². The lowest BCUT2D eigenvalue weighted by Crippen LogP contribution is -2.37. The van der Waals surface area contributed by atoms with Crippen LogP contribution in [0.15, 0.2) is 48.1 Å².